The van der Waals surface area contributed by atoms with Crippen molar-refractivity contribution in [3.05, 3.63) is 11.6 Å². The van der Waals surface area contributed by atoms with Gasteiger partial charge in [0.15, 0.2) is 5.78 Å². The van der Waals surface area contributed by atoms with Gasteiger partial charge in [-0.1, -0.05) is 5.57 Å². The van der Waals surface area contributed by atoms with E-state index in [0.29, 0.717) is 11.2 Å². The van der Waals surface area contributed by atoms with Crippen LogP contribution in [0.15, 0.2) is 11.6 Å². The lowest BCUT2D eigenvalue weighted by molar-refractivity contribution is -0.115. The summed E-state index contributed by atoms with van der Waals surface area (Å²) in [6, 6.07) is 0. The van der Waals surface area contributed by atoms with Crippen LogP contribution < -0.4 is 0 Å². The summed E-state index contributed by atoms with van der Waals surface area (Å²) >= 11 is 0. The Morgan fingerprint density at radius 3 is 3.18 bits per heavy atom. The zero-order valence-corrected chi connectivity index (χ0v) is 6.60. The number of fused-ring (bicyclic) bond motifs is 1. The summed E-state index contributed by atoms with van der Waals surface area (Å²) in [6.45, 7) is 0. The fourth-order valence-corrected chi connectivity index (χ4v) is 3.30. The van der Waals surface area contributed by atoms with Crippen LogP contribution in [0, 0.1) is 11.3 Å². The Balaban J connectivity index is 2.10. The summed E-state index contributed by atoms with van der Waals surface area (Å²) in [6.07, 6.45) is 8.02. The van der Waals surface area contributed by atoms with Crippen molar-refractivity contribution in [3.63, 3.8) is 0 Å². The van der Waals surface area contributed by atoms with Crippen molar-refractivity contribution in [2.75, 3.05) is 0 Å². The molecule has 0 saturated heterocycles. The molecule has 2 bridgehead atoms. The molecule has 1 heteroatoms. The van der Waals surface area contributed by atoms with E-state index in [1.54, 1.807) is 0 Å². The molecule has 3 aliphatic carbocycles. The van der Waals surface area contributed by atoms with E-state index < -0.39 is 0 Å². The summed E-state index contributed by atoms with van der Waals surface area (Å²) in [5, 5.41) is 0. The van der Waals surface area contributed by atoms with Gasteiger partial charge in [0.25, 0.3) is 0 Å². The van der Waals surface area contributed by atoms with Crippen LogP contribution in [0.3, 0.4) is 0 Å². The second-order valence-corrected chi connectivity index (χ2v) is 4.41. The van der Waals surface area contributed by atoms with E-state index in [4.69, 9.17) is 0 Å². The Bertz CT molecular complexity index is 264. The third-order valence-electron chi connectivity index (χ3n) is 3.75. The van der Waals surface area contributed by atoms with E-state index in [1.165, 1.54) is 31.3 Å². The molecule has 0 aromatic heterocycles. The molecule has 11 heavy (non-hydrogen) atoms. The molecular weight excluding hydrogens is 136 g/mol. The largest absolute Gasteiger partial charge is 0.295 e. The van der Waals surface area contributed by atoms with Gasteiger partial charge in [-0.2, -0.15) is 0 Å². The van der Waals surface area contributed by atoms with Gasteiger partial charge in [-0.25, -0.2) is 0 Å². The first-order valence-electron chi connectivity index (χ1n) is 4.52. The van der Waals surface area contributed by atoms with E-state index in [9.17, 15) is 4.79 Å². The lowest BCUT2D eigenvalue weighted by Gasteiger charge is -2.22. The SMILES string of the molecule is O=C1C=C2C[C@@H]3CC[C@@]2(C1)C3. The van der Waals surface area contributed by atoms with Crippen LogP contribution in [-0.4, -0.2) is 5.78 Å². The van der Waals surface area contributed by atoms with E-state index in [0.717, 1.165) is 12.3 Å². The van der Waals surface area contributed by atoms with Crippen LogP contribution in [0.1, 0.15) is 32.1 Å². The van der Waals surface area contributed by atoms with Gasteiger partial charge in [-0.05, 0) is 43.1 Å². The third kappa shape index (κ3) is 0.597. The van der Waals surface area contributed by atoms with Gasteiger partial charge in [0.05, 0.1) is 0 Å². The quantitative estimate of drug-likeness (QED) is 0.514. The Kier molecular flexibility index (Phi) is 0.869. The molecular formula is C10H12O. The average molecular weight is 148 g/mol. The highest BCUT2D eigenvalue weighted by molar-refractivity contribution is 5.94. The van der Waals surface area contributed by atoms with E-state index in [1.807, 2.05) is 6.08 Å². The van der Waals surface area contributed by atoms with E-state index in [2.05, 4.69) is 0 Å². The molecule has 0 heterocycles. The number of carbonyl (C=O) groups excluding carboxylic acids is 1. The molecule has 58 valence electrons. The molecule has 0 aromatic carbocycles. The minimum atomic E-state index is 0.389. The number of hydrogen-bond acceptors (Lipinski definition) is 1. The van der Waals surface area contributed by atoms with Crippen LogP contribution in [0.2, 0.25) is 0 Å². The molecule has 0 radical (unpaired) electrons. The maximum absolute atomic E-state index is 11.2. The molecule has 3 rings (SSSR count). The highest BCUT2D eigenvalue weighted by Gasteiger charge is 2.51. The van der Waals surface area contributed by atoms with Crippen molar-refractivity contribution in [1.82, 2.24) is 0 Å². The number of carbonyl (C=O) groups is 1. The summed E-state index contributed by atoms with van der Waals surface area (Å²) in [7, 11) is 0. The van der Waals surface area contributed by atoms with Crippen LogP contribution >= 0.6 is 0 Å². The predicted molar refractivity (Wildman–Crippen MR) is 42.1 cm³/mol. The number of ketones is 1. The zero-order chi connectivity index (χ0) is 7.47. The minimum Gasteiger partial charge on any atom is -0.295 e. The molecule has 0 unspecified atom stereocenters. The van der Waals surface area contributed by atoms with Crippen molar-refractivity contribution in [2.45, 2.75) is 32.1 Å². The van der Waals surface area contributed by atoms with Gasteiger partial charge in [0.1, 0.15) is 0 Å². The smallest absolute Gasteiger partial charge is 0.156 e. The fraction of sp³-hybridized carbons (Fsp3) is 0.700. The van der Waals surface area contributed by atoms with E-state index in [-0.39, 0.29) is 0 Å². The zero-order valence-electron chi connectivity index (χ0n) is 6.60. The molecule has 2 saturated carbocycles. The molecule has 0 amide bonds. The molecule has 0 N–H and O–H groups in total. The van der Waals surface area contributed by atoms with Crippen molar-refractivity contribution < 1.29 is 4.79 Å². The standard InChI is InChI=1S/C10H12O/c11-9-4-8-3-7-1-2-10(8,5-7)6-9/h4,7H,1-3,5-6H2/t7-,10-/m0/s1. The molecule has 2 fully saturated rings. The normalized spacial score (nSPS) is 46.4. The highest BCUT2D eigenvalue weighted by atomic mass is 16.1. The van der Waals surface area contributed by atoms with Crippen molar-refractivity contribution in [2.24, 2.45) is 11.3 Å². The van der Waals surface area contributed by atoms with Crippen molar-refractivity contribution >= 4 is 5.78 Å². The van der Waals surface area contributed by atoms with Crippen LogP contribution in [-0.2, 0) is 4.79 Å². The fourth-order valence-electron chi connectivity index (χ4n) is 3.30. The minimum absolute atomic E-state index is 0.389. The Morgan fingerprint density at radius 1 is 1.55 bits per heavy atom. The van der Waals surface area contributed by atoms with Crippen molar-refractivity contribution in [3.8, 4) is 0 Å². The van der Waals surface area contributed by atoms with Gasteiger partial charge in [-0.15, -0.1) is 0 Å². The molecule has 0 aliphatic heterocycles. The van der Waals surface area contributed by atoms with Crippen LogP contribution in [0.5, 0.6) is 0 Å². The highest BCUT2D eigenvalue weighted by Crippen LogP contribution is 2.61. The molecule has 0 aromatic rings. The van der Waals surface area contributed by atoms with Gasteiger partial charge in [0.2, 0.25) is 0 Å². The summed E-state index contributed by atoms with van der Waals surface area (Å²) in [4.78, 5) is 11.2. The maximum Gasteiger partial charge on any atom is 0.156 e. The molecule has 1 nitrogen and oxygen atoms in total. The van der Waals surface area contributed by atoms with E-state index >= 15 is 0 Å². The first-order valence-corrected chi connectivity index (χ1v) is 4.52. The Labute approximate surface area is 66.5 Å². The predicted octanol–water partition coefficient (Wildman–Crippen LogP) is 2.08. The number of hydrogen-bond donors (Lipinski definition) is 0. The summed E-state index contributed by atoms with van der Waals surface area (Å²) < 4.78 is 0. The molecule has 3 aliphatic rings. The van der Waals surface area contributed by atoms with Gasteiger partial charge in [0, 0.05) is 6.42 Å². The number of allylic oxidation sites excluding steroid dienone is 2. The topological polar surface area (TPSA) is 17.1 Å². The lowest BCUT2D eigenvalue weighted by atomic mass is 9.81. The molecule has 1 spiro atoms. The second kappa shape index (κ2) is 1.60. The molecule has 2 atom stereocenters. The second-order valence-electron chi connectivity index (χ2n) is 4.41. The van der Waals surface area contributed by atoms with Gasteiger partial charge in [-0.3, -0.25) is 4.79 Å². The Morgan fingerprint density at radius 2 is 2.45 bits per heavy atom. The number of rotatable bonds is 0. The van der Waals surface area contributed by atoms with Gasteiger partial charge >= 0.3 is 0 Å². The summed E-state index contributed by atoms with van der Waals surface area (Å²) in [5.74, 6) is 1.33. The first-order chi connectivity index (χ1) is 5.28. The first kappa shape index (κ1) is 5.99. The Hall–Kier alpha value is -0.590. The van der Waals surface area contributed by atoms with Gasteiger partial charge < -0.3 is 0 Å². The average Bonchev–Trinajstić information content (AvgIpc) is 2.48. The monoisotopic (exact) mass is 148 g/mol. The van der Waals surface area contributed by atoms with Crippen LogP contribution in [0.4, 0.5) is 0 Å². The summed E-state index contributed by atoms with van der Waals surface area (Å²) in [5.41, 5.74) is 1.90. The van der Waals surface area contributed by atoms with Crippen LogP contribution in [0.25, 0.3) is 0 Å². The lowest BCUT2D eigenvalue weighted by Crippen LogP contribution is -2.13. The third-order valence-corrected chi connectivity index (χ3v) is 3.75. The maximum atomic E-state index is 11.2. The van der Waals surface area contributed by atoms with Crippen molar-refractivity contribution in [1.29, 1.82) is 0 Å².